The first-order valence-electron chi connectivity index (χ1n) is 5.34. The zero-order valence-corrected chi connectivity index (χ0v) is 10.8. The number of nitrogens with zero attached hydrogens (tertiary/aromatic N) is 2. The lowest BCUT2D eigenvalue weighted by Crippen LogP contribution is -2.19. The quantitative estimate of drug-likeness (QED) is 0.915. The number of pyridine rings is 1. The zero-order chi connectivity index (χ0) is 13.3. The zero-order valence-electron chi connectivity index (χ0n) is 10.0. The van der Waals surface area contributed by atoms with E-state index in [-0.39, 0.29) is 10.4 Å². The molecular formula is C12H12N2O3S. The molecule has 0 unspecified atom stereocenters. The Hall–Kier alpha value is -1.95. The summed E-state index contributed by atoms with van der Waals surface area (Å²) in [7, 11) is 0. The number of aromatic carboxylic acids is 1. The van der Waals surface area contributed by atoms with Gasteiger partial charge in [0.25, 0.3) is 5.56 Å². The van der Waals surface area contributed by atoms with Crippen LogP contribution in [0.5, 0.6) is 0 Å². The van der Waals surface area contributed by atoms with Gasteiger partial charge in [0.1, 0.15) is 9.88 Å². The van der Waals surface area contributed by atoms with Gasteiger partial charge in [-0.05, 0) is 19.4 Å². The smallest absolute Gasteiger partial charge is 0.347 e. The third-order valence-electron chi connectivity index (χ3n) is 2.47. The fourth-order valence-corrected chi connectivity index (χ4v) is 2.54. The van der Waals surface area contributed by atoms with E-state index in [2.05, 4.69) is 4.98 Å². The van der Waals surface area contributed by atoms with E-state index >= 15 is 0 Å². The Balaban J connectivity index is 2.34. The van der Waals surface area contributed by atoms with Crippen LogP contribution in [-0.2, 0) is 6.54 Å². The van der Waals surface area contributed by atoms with Gasteiger partial charge in [0.05, 0.1) is 12.2 Å². The minimum Gasteiger partial charge on any atom is -0.477 e. The fourth-order valence-electron chi connectivity index (χ4n) is 1.64. The molecule has 0 saturated heterocycles. The van der Waals surface area contributed by atoms with Gasteiger partial charge in [0.2, 0.25) is 0 Å². The van der Waals surface area contributed by atoms with E-state index in [1.807, 2.05) is 6.92 Å². The molecule has 0 atom stereocenters. The largest absolute Gasteiger partial charge is 0.477 e. The fraction of sp³-hybridized carbons (Fsp3) is 0.250. The van der Waals surface area contributed by atoms with Crippen molar-refractivity contribution in [3.63, 3.8) is 0 Å². The van der Waals surface area contributed by atoms with Gasteiger partial charge in [-0.2, -0.15) is 0 Å². The number of carboxylic acids is 1. The topological polar surface area (TPSA) is 72.2 Å². The molecule has 0 radical (unpaired) electrons. The van der Waals surface area contributed by atoms with Gasteiger partial charge in [-0.3, -0.25) is 4.79 Å². The maximum Gasteiger partial charge on any atom is 0.347 e. The minimum absolute atomic E-state index is 0.120. The lowest BCUT2D eigenvalue weighted by atomic mass is 10.3. The normalized spacial score (nSPS) is 10.6. The SMILES string of the molecule is Cc1ccc(=O)n(Cc2nc(C)c(C(=O)O)s2)c1. The van der Waals surface area contributed by atoms with Crippen molar-refractivity contribution in [3.8, 4) is 0 Å². The van der Waals surface area contributed by atoms with Crippen molar-refractivity contribution in [2.45, 2.75) is 20.4 Å². The monoisotopic (exact) mass is 264 g/mol. The van der Waals surface area contributed by atoms with Crippen LogP contribution in [0.15, 0.2) is 23.1 Å². The summed E-state index contributed by atoms with van der Waals surface area (Å²) < 4.78 is 1.53. The Bertz CT molecular complexity index is 658. The van der Waals surface area contributed by atoms with Crippen LogP contribution < -0.4 is 5.56 Å². The van der Waals surface area contributed by atoms with E-state index < -0.39 is 5.97 Å². The number of hydrogen-bond acceptors (Lipinski definition) is 4. The second-order valence-corrected chi connectivity index (χ2v) is 5.08. The Morgan fingerprint density at radius 3 is 2.78 bits per heavy atom. The maximum atomic E-state index is 11.6. The number of carbonyl (C=O) groups is 1. The van der Waals surface area contributed by atoms with Gasteiger partial charge in [0, 0.05) is 12.3 Å². The molecule has 0 aromatic carbocycles. The third-order valence-corrected chi connectivity index (χ3v) is 3.60. The Labute approximate surface area is 107 Å². The average molecular weight is 264 g/mol. The summed E-state index contributed by atoms with van der Waals surface area (Å²) >= 11 is 1.11. The molecule has 5 nitrogen and oxygen atoms in total. The molecule has 0 fully saturated rings. The highest BCUT2D eigenvalue weighted by Crippen LogP contribution is 2.18. The standard InChI is InChI=1S/C12H12N2O3S/c1-7-3-4-10(15)14(5-7)6-9-13-8(2)11(18-9)12(16)17/h3-5H,6H2,1-2H3,(H,16,17). The first-order valence-corrected chi connectivity index (χ1v) is 6.15. The van der Waals surface area contributed by atoms with E-state index in [4.69, 9.17) is 5.11 Å². The minimum atomic E-state index is -0.979. The highest BCUT2D eigenvalue weighted by atomic mass is 32.1. The predicted octanol–water partition coefficient (Wildman–Crippen LogP) is 1.67. The number of carboxylic acid groups (broad SMARTS) is 1. The van der Waals surface area contributed by atoms with E-state index in [1.54, 1.807) is 19.2 Å². The molecule has 1 N–H and O–H groups in total. The van der Waals surface area contributed by atoms with Gasteiger partial charge in [-0.1, -0.05) is 6.07 Å². The molecule has 2 rings (SSSR count). The van der Waals surface area contributed by atoms with E-state index in [0.29, 0.717) is 17.2 Å². The third kappa shape index (κ3) is 2.48. The van der Waals surface area contributed by atoms with Crippen LogP contribution in [0.1, 0.15) is 25.9 Å². The van der Waals surface area contributed by atoms with Crippen molar-refractivity contribution in [2.75, 3.05) is 0 Å². The van der Waals surface area contributed by atoms with Crippen molar-refractivity contribution in [1.82, 2.24) is 9.55 Å². The van der Waals surface area contributed by atoms with Gasteiger partial charge >= 0.3 is 5.97 Å². The summed E-state index contributed by atoms with van der Waals surface area (Å²) in [5.41, 5.74) is 1.34. The van der Waals surface area contributed by atoms with Gasteiger partial charge in [0.15, 0.2) is 0 Å². The molecule has 18 heavy (non-hydrogen) atoms. The van der Waals surface area contributed by atoms with E-state index in [0.717, 1.165) is 16.9 Å². The molecule has 0 aliphatic carbocycles. The number of thiazole rings is 1. The molecule has 2 aromatic rings. The summed E-state index contributed by atoms with van der Waals surface area (Å²) in [5.74, 6) is -0.979. The number of aromatic nitrogens is 2. The van der Waals surface area contributed by atoms with Crippen LogP contribution >= 0.6 is 11.3 Å². The molecule has 0 aliphatic rings. The first kappa shape index (κ1) is 12.5. The van der Waals surface area contributed by atoms with Crippen molar-refractivity contribution in [2.24, 2.45) is 0 Å². The predicted molar refractivity (Wildman–Crippen MR) is 68.4 cm³/mol. The van der Waals surface area contributed by atoms with Crippen LogP contribution in [0.2, 0.25) is 0 Å². The summed E-state index contributed by atoms with van der Waals surface area (Å²) in [5, 5.41) is 9.57. The number of aryl methyl sites for hydroxylation is 2. The molecule has 0 amide bonds. The van der Waals surface area contributed by atoms with Crippen molar-refractivity contribution >= 4 is 17.3 Å². The second kappa shape index (κ2) is 4.73. The molecule has 0 spiro atoms. The molecule has 2 heterocycles. The van der Waals surface area contributed by atoms with Crippen molar-refractivity contribution in [3.05, 3.63) is 49.8 Å². The number of hydrogen-bond donors (Lipinski definition) is 1. The van der Waals surface area contributed by atoms with Gasteiger partial charge in [-0.25, -0.2) is 9.78 Å². The van der Waals surface area contributed by atoms with Crippen LogP contribution in [0, 0.1) is 13.8 Å². The summed E-state index contributed by atoms with van der Waals surface area (Å²) in [6.45, 7) is 3.85. The summed E-state index contributed by atoms with van der Waals surface area (Å²) in [6.07, 6.45) is 1.74. The van der Waals surface area contributed by atoms with Crippen molar-refractivity contribution < 1.29 is 9.90 Å². The molecule has 0 aliphatic heterocycles. The van der Waals surface area contributed by atoms with E-state index in [1.165, 1.54) is 10.6 Å². The van der Waals surface area contributed by atoms with Gasteiger partial charge in [-0.15, -0.1) is 11.3 Å². The highest BCUT2D eigenvalue weighted by molar-refractivity contribution is 7.13. The molecule has 94 valence electrons. The molecule has 2 aromatic heterocycles. The van der Waals surface area contributed by atoms with Gasteiger partial charge < -0.3 is 9.67 Å². The lowest BCUT2D eigenvalue weighted by Gasteiger charge is -2.03. The Morgan fingerprint density at radius 1 is 1.44 bits per heavy atom. The van der Waals surface area contributed by atoms with Crippen LogP contribution in [-0.4, -0.2) is 20.6 Å². The Morgan fingerprint density at radius 2 is 2.17 bits per heavy atom. The second-order valence-electron chi connectivity index (χ2n) is 4.00. The van der Waals surface area contributed by atoms with E-state index in [9.17, 15) is 9.59 Å². The molecule has 0 bridgehead atoms. The van der Waals surface area contributed by atoms with Crippen LogP contribution in [0.4, 0.5) is 0 Å². The average Bonchev–Trinajstić information content (AvgIpc) is 2.65. The Kier molecular flexibility index (Phi) is 3.29. The van der Waals surface area contributed by atoms with Crippen LogP contribution in [0.25, 0.3) is 0 Å². The maximum absolute atomic E-state index is 11.6. The highest BCUT2D eigenvalue weighted by Gasteiger charge is 2.14. The molecule has 6 heteroatoms. The lowest BCUT2D eigenvalue weighted by molar-refractivity contribution is 0.0701. The number of rotatable bonds is 3. The molecule has 0 saturated carbocycles. The van der Waals surface area contributed by atoms with Crippen LogP contribution in [0.3, 0.4) is 0 Å². The van der Waals surface area contributed by atoms with Crippen molar-refractivity contribution in [1.29, 1.82) is 0 Å². The summed E-state index contributed by atoms with van der Waals surface area (Å²) in [6, 6.07) is 3.24. The first-order chi connectivity index (χ1) is 8.47. The molecular weight excluding hydrogens is 252 g/mol. The summed E-state index contributed by atoms with van der Waals surface area (Å²) in [4.78, 5) is 26.9.